The number of hydrogen-bond donors (Lipinski definition) is 3. The molecule has 2 aromatic carbocycles. The molecule has 1 amide bonds. The van der Waals surface area contributed by atoms with E-state index in [0.717, 1.165) is 36.9 Å². The average molecular weight is 338 g/mol. The second-order valence-electron chi connectivity index (χ2n) is 6.94. The second kappa shape index (κ2) is 7.38. The van der Waals surface area contributed by atoms with E-state index in [-0.39, 0.29) is 18.1 Å². The lowest BCUT2D eigenvalue weighted by atomic mass is 10.0. The lowest BCUT2D eigenvalue weighted by Crippen LogP contribution is -2.22. The Morgan fingerprint density at radius 1 is 1.20 bits per heavy atom. The number of aryl methyl sites for hydroxylation is 1. The van der Waals surface area contributed by atoms with Gasteiger partial charge in [0.05, 0.1) is 0 Å². The summed E-state index contributed by atoms with van der Waals surface area (Å²) in [5.74, 6) is 0.323. The Hall–Kier alpha value is -2.17. The van der Waals surface area contributed by atoms with Crippen molar-refractivity contribution >= 4 is 11.6 Å². The number of hydrogen-bond acceptors (Lipinski definition) is 3. The van der Waals surface area contributed by atoms with Gasteiger partial charge in [-0.25, -0.2) is 0 Å². The number of benzene rings is 2. The fraction of sp³-hybridized carbons (Fsp3) is 0.381. The van der Waals surface area contributed by atoms with Crippen molar-refractivity contribution < 1.29 is 9.90 Å². The van der Waals surface area contributed by atoms with Gasteiger partial charge in [-0.1, -0.05) is 31.2 Å². The van der Waals surface area contributed by atoms with E-state index < -0.39 is 0 Å². The third-order valence-electron chi connectivity index (χ3n) is 5.19. The molecule has 3 rings (SSSR count). The quantitative estimate of drug-likeness (QED) is 0.724. The minimum Gasteiger partial charge on any atom is -0.396 e. The van der Waals surface area contributed by atoms with Gasteiger partial charge in [0.2, 0.25) is 0 Å². The van der Waals surface area contributed by atoms with Crippen LogP contribution in [0.2, 0.25) is 0 Å². The number of carbonyl (C=O) groups is 1. The summed E-state index contributed by atoms with van der Waals surface area (Å²) in [7, 11) is 0. The van der Waals surface area contributed by atoms with Crippen molar-refractivity contribution in [3.05, 3.63) is 65.2 Å². The highest BCUT2D eigenvalue weighted by Crippen LogP contribution is 2.51. The molecule has 4 N–H and O–H groups in total. The SMILES string of the molecule is CC[C@@]1(N)C[C@H]1c1ccc(NC(=O)c2ccc(CCCO)cc2)cc1. The minimum atomic E-state index is -0.116. The molecule has 0 aromatic heterocycles. The first-order valence-electron chi connectivity index (χ1n) is 8.96. The summed E-state index contributed by atoms with van der Waals surface area (Å²) in [5, 5.41) is 11.8. The molecule has 1 saturated carbocycles. The van der Waals surface area contributed by atoms with Crippen LogP contribution in [0.4, 0.5) is 5.69 Å². The lowest BCUT2D eigenvalue weighted by Gasteiger charge is -2.10. The molecular formula is C21H26N2O2. The Bertz CT molecular complexity index is 725. The van der Waals surface area contributed by atoms with Crippen molar-refractivity contribution in [3.8, 4) is 0 Å². The summed E-state index contributed by atoms with van der Waals surface area (Å²) in [6, 6.07) is 15.5. The topological polar surface area (TPSA) is 75.3 Å². The Balaban J connectivity index is 1.59. The molecule has 1 aliphatic rings. The molecule has 0 unspecified atom stereocenters. The van der Waals surface area contributed by atoms with E-state index in [2.05, 4.69) is 24.4 Å². The molecule has 2 aromatic rings. The molecule has 132 valence electrons. The van der Waals surface area contributed by atoms with Gasteiger partial charge in [0, 0.05) is 29.3 Å². The van der Waals surface area contributed by atoms with Crippen LogP contribution in [-0.4, -0.2) is 23.2 Å². The Kier molecular flexibility index (Phi) is 5.21. The number of carbonyl (C=O) groups excluding carboxylic acids is 1. The predicted octanol–water partition coefficient (Wildman–Crippen LogP) is 3.46. The first-order valence-corrected chi connectivity index (χ1v) is 8.96. The molecule has 1 aliphatic carbocycles. The number of nitrogens with one attached hydrogen (secondary N) is 1. The van der Waals surface area contributed by atoms with Gasteiger partial charge in [-0.2, -0.15) is 0 Å². The molecule has 2 atom stereocenters. The van der Waals surface area contributed by atoms with Crippen molar-refractivity contribution in [2.45, 2.75) is 44.1 Å². The first kappa shape index (κ1) is 17.6. The fourth-order valence-corrected chi connectivity index (χ4v) is 3.27. The molecule has 0 radical (unpaired) electrons. The van der Waals surface area contributed by atoms with Crippen LogP contribution < -0.4 is 11.1 Å². The maximum Gasteiger partial charge on any atom is 0.255 e. The standard InChI is InChI=1S/C21H26N2O2/c1-2-21(22)14-19(21)16-9-11-18(12-10-16)23-20(25)17-7-5-15(6-8-17)4-3-13-24/h5-12,19,24H,2-4,13-14,22H2,1H3,(H,23,25)/t19-,21+/m0/s1. The van der Waals surface area contributed by atoms with E-state index in [9.17, 15) is 4.79 Å². The highest BCUT2D eigenvalue weighted by atomic mass is 16.2. The fourth-order valence-electron chi connectivity index (χ4n) is 3.27. The monoisotopic (exact) mass is 338 g/mol. The molecular weight excluding hydrogens is 312 g/mol. The number of amides is 1. The van der Waals surface area contributed by atoms with Crippen molar-refractivity contribution in [1.29, 1.82) is 0 Å². The van der Waals surface area contributed by atoms with Crippen LogP contribution in [0.25, 0.3) is 0 Å². The Morgan fingerprint density at radius 2 is 1.88 bits per heavy atom. The van der Waals surface area contributed by atoms with Crippen LogP contribution in [0.1, 0.15) is 53.6 Å². The van der Waals surface area contributed by atoms with Crippen LogP contribution in [0, 0.1) is 0 Å². The smallest absolute Gasteiger partial charge is 0.255 e. The molecule has 0 saturated heterocycles. The summed E-state index contributed by atoms with van der Waals surface area (Å²) in [6.07, 6.45) is 3.59. The maximum atomic E-state index is 12.3. The van der Waals surface area contributed by atoms with Crippen molar-refractivity contribution in [1.82, 2.24) is 0 Å². The van der Waals surface area contributed by atoms with E-state index >= 15 is 0 Å². The average Bonchev–Trinajstić information content (AvgIpc) is 3.33. The van der Waals surface area contributed by atoms with Crippen LogP contribution in [0.3, 0.4) is 0 Å². The van der Waals surface area contributed by atoms with Crippen LogP contribution in [-0.2, 0) is 6.42 Å². The van der Waals surface area contributed by atoms with E-state index in [1.807, 2.05) is 36.4 Å². The van der Waals surface area contributed by atoms with Gasteiger partial charge in [0.1, 0.15) is 0 Å². The molecule has 4 heteroatoms. The van der Waals surface area contributed by atoms with Crippen LogP contribution in [0.5, 0.6) is 0 Å². The van der Waals surface area contributed by atoms with Crippen LogP contribution >= 0.6 is 0 Å². The van der Waals surface area contributed by atoms with Crippen molar-refractivity contribution in [3.63, 3.8) is 0 Å². The maximum absolute atomic E-state index is 12.3. The summed E-state index contributed by atoms with van der Waals surface area (Å²) in [6.45, 7) is 2.31. The number of nitrogens with two attached hydrogens (primary N) is 1. The van der Waals surface area contributed by atoms with Gasteiger partial charge >= 0.3 is 0 Å². The molecule has 0 bridgehead atoms. The predicted molar refractivity (Wildman–Crippen MR) is 101 cm³/mol. The highest BCUT2D eigenvalue weighted by Gasteiger charge is 2.49. The van der Waals surface area contributed by atoms with Gasteiger partial charge in [-0.3, -0.25) is 4.79 Å². The number of rotatable bonds is 7. The number of aliphatic hydroxyl groups excluding tert-OH is 1. The van der Waals surface area contributed by atoms with Gasteiger partial charge < -0.3 is 16.2 Å². The lowest BCUT2D eigenvalue weighted by molar-refractivity contribution is 0.102. The number of anilines is 1. The molecule has 0 heterocycles. The van der Waals surface area contributed by atoms with Gasteiger partial charge in [-0.15, -0.1) is 0 Å². The summed E-state index contributed by atoms with van der Waals surface area (Å²) >= 11 is 0. The summed E-state index contributed by atoms with van der Waals surface area (Å²) < 4.78 is 0. The van der Waals surface area contributed by atoms with Crippen LogP contribution in [0.15, 0.2) is 48.5 Å². The zero-order chi connectivity index (χ0) is 17.9. The van der Waals surface area contributed by atoms with Crippen molar-refractivity contribution in [2.24, 2.45) is 5.73 Å². The third kappa shape index (κ3) is 4.09. The first-order chi connectivity index (χ1) is 12.1. The summed E-state index contributed by atoms with van der Waals surface area (Å²) in [4.78, 5) is 12.3. The van der Waals surface area contributed by atoms with Gasteiger partial charge in [-0.05, 0) is 61.1 Å². The zero-order valence-electron chi connectivity index (χ0n) is 14.7. The third-order valence-corrected chi connectivity index (χ3v) is 5.19. The second-order valence-corrected chi connectivity index (χ2v) is 6.94. The zero-order valence-corrected chi connectivity index (χ0v) is 14.7. The van der Waals surface area contributed by atoms with Gasteiger partial charge in [0.25, 0.3) is 5.91 Å². The van der Waals surface area contributed by atoms with Gasteiger partial charge in [0.15, 0.2) is 0 Å². The van der Waals surface area contributed by atoms with Crippen molar-refractivity contribution in [2.75, 3.05) is 11.9 Å². The molecule has 4 nitrogen and oxygen atoms in total. The van der Waals surface area contributed by atoms with E-state index in [0.29, 0.717) is 11.5 Å². The summed E-state index contributed by atoms with van der Waals surface area (Å²) in [5.41, 5.74) is 10.0. The molecule has 25 heavy (non-hydrogen) atoms. The Morgan fingerprint density at radius 3 is 2.44 bits per heavy atom. The molecule has 1 fully saturated rings. The highest BCUT2D eigenvalue weighted by molar-refractivity contribution is 6.04. The minimum absolute atomic E-state index is 0.0392. The van der Waals surface area contributed by atoms with E-state index in [1.54, 1.807) is 0 Å². The number of aliphatic hydroxyl groups is 1. The molecule has 0 aliphatic heterocycles. The largest absolute Gasteiger partial charge is 0.396 e. The Labute approximate surface area is 149 Å². The van der Waals surface area contributed by atoms with E-state index in [4.69, 9.17) is 10.8 Å². The normalized spacial score (nSPS) is 21.8. The van der Waals surface area contributed by atoms with E-state index in [1.165, 1.54) is 5.56 Å². The molecule has 0 spiro atoms.